The SMILES string of the molecule is Cc1nc2c(C(N)=O)cnn2c(C)c1CCC(=O)NCC1(c2cccc(Br)c2)CCC1. The number of fused-ring (bicyclic) bond motifs is 1. The monoisotopic (exact) mass is 483 g/mol. The summed E-state index contributed by atoms with van der Waals surface area (Å²) in [5.74, 6) is -0.526. The number of nitrogens with one attached hydrogen (secondary N) is 1. The number of benzene rings is 1. The average molecular weight is 484 g/mol. The molecular weight excluding hydrogens is 458 g/mol. The van der Waals surface area contributed by atoms with Crippen molar-refractivity contribution in [2.24, 2.45) is 5.73 Å². The van der Waals surface area contributed by atoms with Crippen LogP contribution in [0.3, 0.4) is 0 Å². The van der Waals surface area contributed by atoms with Crippen LogP contribution in [0.15, 0.2) is 34.9 Å². The molecule has 0 spiro atoms. The first kappa shape index (κ1) is 21.5. The highest BCUT2D eigenvalue weighted by atomic mass is 79.9. The van der Waals surface area contributed by atoms with Gasteiger partial charge >= 0.3 is 0 Å². The van der Waals surface area contributed by atoms with Crippen LogP contribution in [0.5, 0.6) is 0 Å². The molecule has 4 rings (SSSR count). The summed E-state index contributed by atoms with van der Waals surface area (Å²) in [6, 6.07) is 8.38. The molecule has 0 bridgehead atoms. The Morgan fingerprint density at radius 3 is 2.71 bits per heavy atom. The summed E-state index contributed by atoms with van der Waals surface area (Å²) in [6.07, 6.45) is 5.72. The molecule has 0 unspecified atom stereocenters. The van der Waals surface area contributed by atoms with Gasteiger partial charge in [0.2, 0.25) is 5.91 Å². The van der Waals surface area contributed by atoms with Crippen molar-refractivity contribution in [1.82, 2.24) is 19.9 Å². The van der Waals surface area contributed by atoms with E-state index in [0.717, 1.165) is 34.3 Å². The maximum Gasteiger partial charge on any atom is 0.254 e. The van der Waals surface area contributed by atoms with Gasteiger partial charge in [-0.05, 0) is 56.4 Å². The lowest BCUT2D eigenvalue weighted by Gasteiger charge is -2.42. The molecule has 1 aliphatic rings. The van der Waals surface area contributed by atoms with Crippen LogP contribution in [0, 0.1) is 13.8 Å². The van der Waals surface area contributed by atoms with E-state index in [1.807, 2.05) is 19.9 Å². The molecular formula is C23H26BrN5O2. The molecule has 2 heterocycles. The van der Waals surface area contributed by atoms with E-state index in [1.54, 1.807) is 4.52 Å². The maximum absolute atomic E-state index is 12.7. The number of aryl methyl sites for hydroxylation is 2. The Bertz CT molecular complexity index is 1170. The van der Waals surface area contributed by atoms with Crippen molar-refractivity contribution >= 4 is 33.4 Å². The van der Waals surface area contributed by atoms with Gasteiger partial charge in [0.25, 0.3) is 5.91 Å². The topological polar surface area (TPSA) is 102 Å². The molecule has 8 heteroatoms. The van der Waals surface area contributed by atoms with Gasteiger partial charge in [-0.2, -0.15) is 5.10 Å². The van der Waals surface area contributed by atoms with Crippen molar-refractivity contribution in [3.05, 3.63) is 63.0 Å². The Balaban J connectivity index is 1.43. The summed E-state index contributed by atoms with van der Waals surface area (Å²) in [5.41, 5.74) is 10.1. The van der Waals surface area contributed by atoms with Gasteiger partial charge in [-0.25, -0.2) is 9.50 Å². The predicted molar refractivity (Wildman–Crippen MR) is 122 cm³/mol. The lowest BCUT2D eigenvalue weighted by Crippen LogP contribution is -2.45. The summed E-state index contributed by atoms with van der Waals surface area (Å²) >= 11 is 3.55. The number of nitrogens with two attached hydrogens (primary N) is 1. The van der Waals surface area contributed by atoms with Crippen molar-refractivity contribution < 1.29 is 9.59 Å². The van der Waals surface area contributed by atoms with Gasteiger partial charge in [0.05, 0.1) is 6.20 Å². The zero-order valence-electron chi connectivity index (χ0n) is 17.7. The van der Waals surface area contributed by atoms with Crippen LogP contribution in [0.25, 0.3) is 5.65 Å². The Labute approximate surface area is 189 Å². The van der Waals surface area contributed by atoms with Crippen LogP contribution in [0.4, 0.5) is 0 Å². The van der Waals surface area contributed by atoms with Crippen LogP contribution in [0.2, 0.25) is 0 Å². The van der Waals surface area contributed by atoms with E-state index in [9.17, 15) is 9.59 Å². The fraction of sp³-hybridized carbons (Fsp3) is 0.391. The van der Waals surface area contributed by atoms with Crippen molar-refractivity contribution in [2.75, 3.05) is 6.54 Å². The highest BCUT2D eigenvalue weighted by Crippen LogP contribution is 2.43. The molecule has 2 amide bonds. The Kier molecular flexibility index (Phi) is 5.83. The van der Waals surface area contributed by atoms with Gasteiger partial charge in [-0.3, -0.25) is 9.59 Å². The van der Waals surface area contributed by atoms with Crippen molar-refractivity contribution in [3.63, 3.8) is 0 Å². The standard InChI is InChI=1S/C23H26BrN5O2/c1-14-18(15(2)29-22(28-14)19(12-27-29)21(25)31)7-8-20(30)26-13-23(9-4-10-23)16-5-3-6-17(24)11-16/h3,5-6,11-12H,4,7-10,13H2,1-2H3,(H2,25,31)(H,26,30). The van der Waals surface area contributed by atoms with Gasteiger partial charge in [0.1, 0.15) is 5.56 Å². The second-order valence-corrected chi connectivity index (χ2v) is 9.26. The molecule has 1 fully saturated rings. The molecule has 1 aromatic carbocycles. The second kappa shape index (κ2) is 8.42. The molecule has 0 aliphatic heterocycles. The third kappa shape index (κ3) is 4.08. The third-order valence-electron chi connectivity index (χ3n) is 6.45. The number of hydrogen-bond donors (Lipinski definition) is 2. The first-order valence-corrected chi connectivity index (χ1v) is 11.3. The van der Waals surface area contributed by atoms with E-state index < -0.39 is 5.91 Å². The van der Waals surface area contributed by atoms with E-state index in [0.29, 0.717) is 30.6 Å². The smallest absolute Gasteiger partial charge is 0.254 e. The largest absolute Gasteiger partial charge is 0.365 e. The normalized spacial score (nSPS) is 14.9. The van der Waals surface area contributed by atoms with E-state index in [-0.39, 0.29) is 11.3 Å². The van der Waals surface area contributed by atoms with E-state index in [1.165, 1.54) is 18.2 Å². The fourth-order valence-electron chi connectivity index (χ4n) is 4.43. The number of nitrogens with zero attached hydrogens (tertiary/aromatic N) is 3. The number of amides is 2. The van der Waals surface area contributed by atoms with E-state index >= 15 is 0 Å². The number of carbonyl (C=O) groups excluding carboxylic acids is 2. The van der Waals surface area contributed by atoms with E-state index in [2.05, 4.69) is 49.5 Å². The molecule has 0 saturated heterocycles. The summed E-state index contributed by atoms with van der Waals surface area (Å²) in [4.78, 5) is 28.7. The van der Waals surface area contributed by atoms with Crippen molar-refractivity contribution in [1.29, 1.82) is 0 Å². The van der Waals surface area contributed by atoms with Gasteiger partial charge in [0, 0.05) is 34.2 Å². The number of primary amides is 1. The minimum Gasteiger partial charge on any atom is -0.365 e. The zero-order chi connectivity index (χ0) is 22.2. The first-order chi connectivity index (χ1) is 14.8. The van der Waals surface area contributed by atoms with Crippen LogP contribution >= 0.6 is 15.9 Å². The Hall–Kier alpha value is -2.74. The van der Waals surface area contributed by atoms with Crippen molar-refractivity contribution in [2.45, 2.75) is 51.4 Å². The summed E-state index contributed by atoms with van der Waals surface area (Å²) in [5, 5.41) is 7.40. The molecule has 3 N–H and O–H groups in total. The lowest BCUT2D eigenvalue weighted by molar-refractivity contribution is -0.121. The molecule has 1 saturated carbocycles. The molecule has 2 aromatic heterocycles. The molecule has 0 atom stereocenters. The van der Waals surface area contributed by atoms with E-state index in [4.69, 9.17) is 5.73 Å². The minimum atomic E-state index is -0.552. The Morgan fingerprint density at radius 2 is 2.06 bits per heavy atom. The van der Waals surface area contributed by atoms with Crippen LogP contribution in [-0.2, 0) is 16.6 Å². The summed E-state index contributed by atoms with van der Waals surface area (Å²) in [6.45, 7) is 4.45. The molecule has 1 aliphatic carbocycles. The third-order valence-corrected chi connectivity index (χ3v) is 6.94. The number of rotatable bonds is 7. The lowest BCUT2D eigenvalue weighted by atomic mass is 9.64. The van der Waals surface area contributed by atoms with Crippen molar-refractivity contribution in [3.8, 4) is 0 Å². The van der Waals surface area contributed by atoms with Crippen LogP contribution in [-0.4, -0.2) is 33.0 Å². The highest BCUT2D eigenvalue weighted by Gasteiger charge is 2.38. The van der Waals surface area contributed by atoms with Crippen LogP contribution < -0.4 is 11.1 Å². The zero-order valence-corrected chi connectivity index (χ0v) is 19.3. The summed E-state index contributed by atoms with van der Waals surface area (Å²) < 4.78 is 2.69. The maximum atomic E-state index is 12.7. The average Bonchev–Trinajstić information content (AvgIpc) is 3.11. The van der Waals surface area contributed by atoms with Gasteiger partial charge < -0.3 is 11.1 Å². The first-order valence-electron chi connectivity index (χ1n) is 10.5. The highest BCUT2D eigenvalue weighted by molar-refractivity contribution is 9.10. The van der Waals surface area contributed by atoms with Gasteiger partial charge in [0.15, 0.2) is 5.65 Å². The minimum absolute atomic E-state index is 0.0264. The predicted octanol–water partition coefficient (Wildman–Crippen LogP) is 3.38. The Morgan fingerprint density at radius 1 is 1.29 bits per heavy atom. The number of halogens is 1. The molecule has 162 valence electrons. The van der Waals surface area contributed by atoms with Gasteiger partial charge in [-0.1, -0.05) is 34.5 Å². The number of aromatic nitrogens is 3. The molecule has 7 nitrogen and oxygen atoms in total. The quantitative estimate of drug-likeness (QED) is 0.537. The molecule has 31 heavy (non-hydrogen) atoms. The number of hydrogen-bond acceptors (Lipinski definition) is 4. The summed E-state index contributed by atoms with van der Waals surface area (Å²) in [7, 11) is 0. The fourth-order valence-corrected chi connectivity index (χ4v) is 4.83. The molecule has 3 aromatic rings. The number of carbonyl (C=O) groups is 2. The van der Waals surface area contributed by atoms with Crippen LogP contribution in [0.1, 0.15) is 58.6 Å². The van der Waals surface area contributed by atoms with Gasteiger partial charge in [-0.15, -0.1) is 0 Å². The second-order valence-electron chi connectivity index (χ2n) is 8.34. The molecule has 0 radical (unpaired) electrons.